The highest BCUT2D eigenvalue weighted by Crippen LogP contribution is 2.25. The van der Waals surface area contributed by atoms with E-state index in [9.17, 15) is 4.79 Å². The van der Waals surface area contributed by atoms with E-state index in [0.29, 0.717) is 32.4 Å². The summed E-state index contributed by atoms with van der Waals surface area (Å²) >= 11 is 17.0. The van der Waals surface area contributed by atoms with Crippen molar-refractivity contribution >= 4 is 52.0 Å². The first kappa shape index (κ1) is 15.8. The van der Waals surface area contributed by atoms with E-state index in [2.05, 4.69) is 5.32 Å². The van der Waals surface area contributed by atoms with Crippen LogP contribution in [-0.4, -0.2) is 10.9 Å². The van der Waals surface area contributed by atoms with Gasteiger partial charge in [-0.1, -0.05) is 41.5 Å². The number of hydrogen-bond acceptors (Lipinski definition) is 2. The molecule has 0 aliphatic heterocycles. The van der Waals surface area contributed by atoms with Crippen LogP contribution < -0.4 is 11.1 Å². The van der Waals surface area contributed by atoms with Gasteiger partial charge < -0.3 is 11.1 Å². The molecule has 0 radical (unpaired) electrons. The summed E-state index contributed by atoms with van der Waals surface area (Å²) in [5, 5.41) is 3.66. The molecule has 108 valence electrons. The molecule has 2 aromatic rings. The molecule has 21 heavy (non-hydrogen) atoms. The molecule has 0 atom stereocenters. The molecule has 0 unspecified atom stereocenters. The van der Waals surface area contributed by atoms with Gasteiger partial charge in [-0.3, -0.25) is 4.79 Å². The Labute approximate surface area is 138 Å². The van der Waals surface area contributed by atoms with Crippen molar-refractivity contribution in [2.24, 2.45) is 5.73 Å². The monoisotopic (exact) mass is 338 g/mol. The fraction of sp³-hybridized carbons (Fsp3) is 0.0667. The van der Waals surface area contributed by atoms with Crippen LogP contribution in [-0.2, 0) is 0 Å². The summed E-state index contributed by atoms with van der Waals surface area (Å²) in [4.78, 5) is 12.5. The molecule has 0 saturated heterocycles. The zero-order valence-electron chi connectivity index (χ0n) is 11.1. The minimum atomic E-state index is -0.278. The molecule has 0 bridgehead atoms. The van der Waals surface area contributed by atoms with Gasteiger partial charge in [0.15, 0.2) is 0 Å². The number of nitrogens with two attached hydrogens (primary N) is 1. The van der Waals surface area contributed by atoms with Gasteiger partial charge >= 0.3 is 0 Å². The van der Waals surface area contributed by atoms with Crippen molar-refractivity contribution in [3.63, 3.8) is 0 Å². The quantitative estimate of drug-likeness (QED) is 0.825. The van der Waals surface area contributed by atoms with Crippen LogP contribution in [0.4, 0.5) is 5.69 Å². The Bertz CT molecular complexity index is 732. The SMILES string of the molecule is Cc1c(Cl)cccc1C(=O)Nc1ccc(C(N)=S)cc1Cl. The normalized spacial score (nSPS) is 10.2. The van der Waals surface area contributed by atoms with E-state index >= 15 is 0 Å². The summed E-state index contributed by atoms with van der Waals surface area (Å²) in [5.74, 6) is -0.278. The first-order valence-electron chi connectivity index (χ1n) is 6.06. The average Bonchev–Trinajstić information content (AvgIpc) is 2.43. The van der Waals surface area contributed by atoms with Crippen LogP contribution >= 0.6 is 35.4 Å². The molecule has 6 heteroatoms. The number of amides is 1. The van der Waals surface area contributed by atoms with Gasteiger partial charge in [0.1, 0.15) is 4.99 Å². The molecule has 3 N–H and O–H groups in total. The first-order chi connectivity index (χ1) is 9.90. The lowest BCUT2D eigenvalue weighted by Crippen LogP contribution is -2.14. The van der Waals surface area contributed by atoms with Gasteiger partial charge in [0.05, 0.1) is 10.7 Å². The van der Waals surface area contributed by atoms with E-state index in [1.165, 1.54) is 0 Å². The number of carbonyl (C=O) groups is 1. The third-order valence-electron chi connectivity index (χ3n) is 3.01. The van der Waals surface area contributed by atoms with E-state index < -0.39 is 0 Å². The van der Waals surface area contributed by atoms with Crippen molar-refractivity contribution in [1.82, 2.24) is 0 Å². The Hall–Kier alpha value is -1.62. The highest BCUT2D eigenvalue weighted by Gasteiger charge is 2.13. The number of carbonyl (C=O) groups excluding carboxylic acids is 1. The molecule has 0 heterocycles. The summed E-state index contributed by atoms with van der Waals surface area (Å²) < 4.78 is 0. The van der Waals surface area contributed by atoms with Crippen LogP contribution in [0.3, 0.4) is 0 Å². The van der Waals surface area contributed by atoms with E-state index in [0.717, 1.165) is 0 Å². The molecule has 2 rings (SSSR count). The van der Waals surface area contributed by atoms with E-state index in [1.807, 2.05) is 0 Å². The second-order valence-electron chi connectivity index (χ2n) is 4.43. The summed E-state index contributed by atoms with van der Waals surface area (Å²) in [7, 11) is 0. The summed E-state index contributed by atoms with van der Waals surface area (Å²) in [6.45, 7) is 1.79. The largest absolute Gasteiger partial charge is 0.389 e. The molecule has 0 aliphatic carbocycles. The average molecular weight is 339 g/mol. The lowest BCUT2D eigenvalue weighted by molar-refractivity contribution is 0.102. The smallest absolute Gasteiger partial charge is 0.256 e. The highest BCUT2D eigenvalue weighted by molar-refractivity contribution is 7.80. The van der Waals surface area contributed by atoms with Crippen molar-refractivity contribution in [1.29, 1.82) is 0 Å². The highest BCUT2D eigenvalue weighted by atomic mass is 35.5. The molecule has 0 spiro atoms. The van der Waals surface area contributed by atoms with E-state index in [1.54, 1.807) is 43.3 Å². The van der Waals surface area contributed by atoms with Crippen LogP contribution in [0.2, 0.25) is 10.0 Å². The number of anilines is 1. The molecule has 0 aliphatic rings. The maximum Gasteiger partial charge on any atom is 0.256 e. The van der Waals surface area contributed by atoms with Crippen LogP contribution in [0.15, 0.2) is 36.4 Å². The molecule has 2 aromatic carbocycles. The van der Waals surface area contributed by atoms with Gasteiger partial charge in [0, 0.05) is 16.1 Å². The third-order valence-corrected chi connectivity index (χ3v) is 3.97. The molecule has 0 aromatic heterocycles. The van der Waals surface area contributed by atoms with Gasteiger partial charge in [0.25, 0.3) is 5.91 Å². The predicted molar refractivity (Wildman–Crippen MR) is 91.5 cm³/mol. The van der Waals surface area contributed by atoms with Crippen LogP contribution in [0, 0.1) is 6.92 Å². The Morgan fingerprint density at radius 3 is 2.52 bits per heavy atom. The van der Waals surface area contributed by atoms with Gasteiger partial charge in [-0.05, 0) is 42.8 Å². The Kier molecular flexibility index (Phi) is 4.83. The molecule has 0 fully saturated rings. The number of hydrogen-bond donors (Lipinski definition) is 2. The van der Waals surface area contributed by atoms with Gasteiger partial charge in [-0.2, -0.15) is 0 Å². The zero-order chi connectivity index (χ0) is 15.6. The van der Waals surface area contributed by atoms with Gasteiger partial charge in [-0.15, -0.1) is 0 Å². The minimum absolute atomic E-state index is 0.250. The van der Waals surface area contributed by atoms with Crippen LogP contribution in [0.25, 0.3) is 0 Å². The van der Waals surface area contributed by atoms with Crippen molar-refractivity contribution in [2.45, 2.75) is 6.92 Å². The summed E-state index contributed by atoms with van der Waals surface area (Å²) in [6.07, 6.45) is 0. The number of rotatable bonds is 3. The lowest BCUT2D eigenvalue weighted by Gasteiger charge is -2.11. The molecular weight excluding hydrogens is 327 g/mol. The minimum Gasteiger partial charge on any atom is -0.389 e. The second-order valence-corrected chi connectivity index (χ2v) is 5.68. The Balaban J connectivity index is 2.28. The van der Waals surface area contributed by atoms with Crippen molar-refractivity contribution in [2.75, 3.05) is 5.32 Å². The van der Waals surface area contributed by atoms with Crippen LogP contribution in [0.1, 0.15) is 21.5 Å². The third kappa shape index (κ3) is 3.53. The molecule has 1 amide bonds. The standard InChI is InChI=1S/C15H12Cl2N2OS/c1-8-10(3-2-4-11(8)16)15(20)19-13-6-5-9(14(18)21)7-12(13)17/h2-7H,1H3,(H2,18,21)(H,19,20). The Morgan fingerprint density at radius 2 is 1.90 bits per heavy atom. The molecule has 0 saturated carbocycles. The number of halogens is 2. The van der Waals surface area contributed by atoms with Crippen molar-refractivity contribution in [3.8, 4) is 0 Å². The fourth-order valence-corrected chi connectivity index (χ4v) is 2.34. The maximum absolute atomic E-state index is 12.3. The summed E-state index contributed by atoms with van der Waals surface area (Å²) in [6, 6.07) is 10.1. The zero-order valence-corrected chi connectivity index (χ0v) is 13.4. The lowest BCUT2D eigenvalue weighted by atomic mass is 10.1. The fourth-order valence-electron chi connectivity index (χ4n) is 1.81. The van der Waals surface area contributed by atoms with Crippen LogP contribution in [0.5, 0.6) is 0 Å². The number of nitrogens with one attached hydrogen (secondary N) is 1. The first-order valence-corrected chi connectivity index (χ1v) is 7.22. The van der Waals surface area contributed by atoms with E-state index in [-0.39, 0.29) is 10.9 Å². The predicted octanol–water partition coefficient (Wildman–Crippen LogP) is 4.19. The summed E-state index contributed by atoms with van der Waals surface area (Å²) in [5.41, 5.74) is 7.88. The number of thiocarbonyl (C=S) groups is 1. The second kappa shape index (κ2) is 6.43. The van der Waals surface area contributed by atoms with Crippen molar-refractivity contribution < 1.29 is 4.79 Å². The van der Waals surface area contributed by atoms with Crippen molar-refractivity contribution in [3.05, 3.63) is 63.1 Å². The molecule has 3 nitrogen and oxygen atoms in total. The Morgan fingerprint density at radius 1 is 1.19 bits per heavy atom. The van der Waals surface area contributed by atoms with Gasteiger partial charge in [-0.25, -0.2) is 0 Å². The number of benzene rings is 2. The maximum atomic E-state index is 12.3. The van der Waals surface area contributed by atoms with Gasteiger partial charge in [0.2, 0.25) is 0 Å². The topological polar surface area (TPSA) is 55.1 Å². The van der Waals surface area contributed by atoms with E-state index in [4.69, 9.17) is 41.2 Å². The molecular formula is C15H12Cl2N2OS.